The zero-order valence-electron chi connectivity index (χ0n) is 8.08. The normalized spacial score (nSPS) is 31.7. The molecule has 2 unspecified atom stereocenters. The summed E-state index contributed by atoms with van der Waals surface area (Å²) in [4.78, 5) is 15.7. The van der Waals surface area contributed by atoms with Gasteiger partial charge in [-0.1, -0.05) is 5.92 Å². The highest BCUT2D eigenvalue weighted by Gasteiger charge is 2.43. The zero-order valence-corrected chi connectivity index (χ0v) is 8.08. The lowest BCUT2D eigenvalue weighted by Gasteiger charge is -2.30. The largest absolute Gasteiger partial charge is 0.326 e. The van der Waals surface area contributed by atoms with Crippen LogP contribution in [0.25, 0.3) is 0 Å². The van der Waals surface area contributed by atoms with Crippen LogP contribution in [0, 0.1) is 11.8 Å². The second kappa shape index (κ2) is 3.04. The van der Waals surface area contributed by atoms with Gasteiger partial charge in [0.05, 0.1) is 0 Å². The van der Waals surface area contributed by atoms with Gasteiger partial charge in [0.1, 0.15) is 0 Å². The van der Waals surface area contributed by atoms with Gasteiger partial charge in [0, 0.05) is 25.2 Å². The van der Waals surface area contributed by atoms with E-state index in [2.05, 4.69) is 23.8 Å². The standard InChI is InChI=1S/C10H14N2O/c1-3-4-10(13)12-7-8-5-9(12)6-11(8)2/h8-9H,5-7H2,1-2H3. The van der Waals surface area contributed by atoms with Crippen LogP contribution in [0.5, 0.6) is 0 Å². The predicted octanol–water partition coefficient (Wildman–Crippen LogP) is -0.0754. The van der Waals surface area contributed by atoms with Gasteiger partial charge in [-0.15, -0.1) is 0 Å². The summed E-state index contributed by atoms with van der Waals surface area (Å²) in [6, 6.07) is 0.996. The van der Waals surface area contributed by atoms with Crippen molar-refractivity contribution < 1.29 is 4.79 Å². The summed E-state index contributed by atoms with van der Waals surface area (Å²) >= 11 is 0. The van der Waals surface area contributed by atoms with Crippen LogP contribution in [0.2, 0.25) is 0 Å². The SMILES string of the molecule is CC#CC(=O)N1CC2CC1CN2C. The third kappa shape index (κ3) is 1.31. The van der Waals surface area contributed by atoms with E-state index in [1.807, 2.05) is 4.90 Å². The maximum atomic E-state index is 11.5. The van der Waals surface area contributed by atoms with E-state index in [9.17, 15) is 4.79 Å². The molecular formula is C10H14N2O. The number of fused-ring (bicyclic) bond motifs is 2. The van der Waals surface area contributed by atoms with E-state index in [0.717, 1.165) is 19.5 Å². The third-order valence-electron chi connectivity index (χ3n) is 3.01. The molecule has 3 heteroatoms. The lowest BCUT2D eigenvalue weighted by molar-refractivity contribution is -0.127. The van der Waals surface area contributed by atoms with Crippen LogP contribution in [0.4, 0.5) is 0 Å². The lowest BCUT2D eigenvalue weighted by Crippen LogP contribution is -2.46. The maximum absolute atomic E-state index is 11.5. The van der Waals surface area contributed by atoms with Crippen LogP contribution in [-0.4, -0.2) is 47.9 Å². The molecule has 70 valence electrons. The molecule has 2 aliphatic heterocycles. The number of nitrogens with zero attached hydrogens (tertiary/aromatic N) is 2. The van der Waals surface area contributed by atoms with E-state index < -0.39 is 0 Å². The summed E-state index contributed by atoms with van der Waals surface area (Å²) in [6.45, 7) is 3.59. The first-order chi connectivity index (χ1) is 6.22. The zero-order chi connectivity index (χ0) is 9.42. The number of likely N-dealkylation sites (N-methyl/N-ethyl adjacent to an activating group) is 1. The first kappa shape index (κ1) is 8.58. The van der Waals surface area contributed by atoms with E-state index >= 15 is 0 Å². The summed E-state index contributed by atoms with van der Waals surface area (Å²) in [5.74, 6) is 5.27. The minimum absolute atomic E-state index is 0.00287. The maximum Gasteiger partial charge on any atom is 0.298 e. The minimum atomic E-state index is 0.00287. The summed E-state index contributed by atoms with van der Waals surface area (Å²) in [7, 11) is 2.12. The fourth-order valence-corrected chi connectivity index (χ4v) is 2.29. The van der Waals surface area contributed by atoms with E-state index in [1.165, 1.54) is 0 Å². The van der Waals surface area contributed by atoms with Crippen LogP contribution < -0.4 is 0 Å². The topological polar surface area (TPSA) is 23.6 Å². The molecule has 0 spiro atoms. The molecule has 2 fully saturated rings. The van der Waals surface area contributed by atoms with Crippen molar-refractivity contribution in [3.63, 3.8) is 0 Å². The number of rotatable bonds is 0. The molecule has 2 heterocycles. The number of likely N-dealkylation sites (tertiary alicyclic amines) is 2. The Hall–Kier alpha value is -1.01. The Kier molecular flexibility index (Phi) is 2.01. The first-order valence-corrected chi connectivity index (χ1v) is 4.66. The Balaban J connectivity index is 2.05. The number of hydrogen-bond acceptors (Lipinski definition) is 2. The molecule has 0 radical (unpaired) electrons. The van der Waals surface area contributed by atoms with E-state index in [0.29, 0.717) is 12.1 Å². The van der Waals surface area contributed by atoms with Gasteiger partial charge in [-0.2, -0.15) is 0 Å². The molecule has 2 bridgehead atoms. The molecule has 0 aromatic carbocycles. The molecule has 0 aromatic rings. The third-order valence-corrected chi connectivity index (χ3v) is 3.01. The van der Waals surface area contributed by atoms with Crippen LogP contribution >= 0.6 is 0 Å². The Morgan fingerprint density at radius 3 is 2.62 bits per heavy atom. The Labute approximate surface area is 78.7 Å². The highest BCUT2D eigenvalue weighted by atomic mass is 16.2. The molecule has 3 nitrogen and oxygen atoms in total. The van der Waals surface area contributed by atoms with Crippen molar-refractivity contribution in [2.45, 2.75) is 25.4 Å². The van der Waals surface area contributed by atoms with Gasteiger partial charge in [0.25, 0.3) is 5.91 Å². The summed E-state index contributed by atoms with van der Waals surface area (Å²) in [6.07, 6.45) is 1.13. The molecule has 13 heavy (non-hydrogen) atoms. The van der Waals surface area contributed by atoms with Crippen LogP contribution in [0.15, 0.2) is 0 Å². The van der Waals surface area contributed by atoms with Crippen LogP contribution in [0.1, 0.15) is 13.3 Å². The number of carbonyl (C=O) groups is 1. The molecule has 0 saturated carbocycles. The molecule has 1 amide bonds. The fraction of sp³-hybridized carbons (Fsp3) is 0.700. The average Bonchev–Trinajstić information content (AvgIpc) is 2.62. The average molecular weight is 178 g/mol. The highest BCUT2D eigenvalue weighted by molar-refractivity contribution is 5.94. The lowest BCUT2D eigenvalue weighted by atomic mass is 10.2. The summed E-state index contributed by atoms with van der Waals surface area (Å²) in [5, 5.41) is 0. The van der Waals surface area contributed by atoms with Gasteiger partial charge in [-0.25, -0.2) is 0 Å². The van der Waals surface area contributed by atoms with Gasteiger partial charge in [0.15, 0.2) is 0 Å². The van der Waals surface area contributed by atoms with Crippen molar-refractivity contribution in [1.82, 2.24) is 9.80 Å². The Morgan fingerprint density at radius 1 is 1.38 bits per heavy atom. The Bertz CT molecular complexity index is 287. The summed E-state index contributed by atoms with van der Waals surface area (Å²) in [5.41, 5.74) is 0. The van der Waals surface area contributed by atoms with Crippen LogP contribution in [0.3, 0.4) is 0 Å². The van der Waals surface area contributed by atoms with Crippen molar-refractivity contribution >= 4 is 5.91 Å². The molecule has 2 saturated heterocycles. The second-order valence-electron chi connectivity index (χ2n) is 3.82. The van der Waals surface area contributed by atoms with Crippen LogP contribution in [-0.2, 0) is 4.79 Å². The molecule has 0 aliphatic carbocycles. The second-order valence-corrected chi connectivity index (χ2v) is 3.82. The monoisotopic (exact) mass is 178 g/mol. The molecule has 0 N–H and O–H groups in total. The molecule has 0 aromatic heterocycles. The van der Waals surface area contributed by atoms with Gasteiger partial charge in [0.2, 0.25) is 0 Å². The first-order valence-electron chi connectivity index (χ1n) is 4.66. The minimum Gasteiger partial charge on any atom is -0.326 e. The highest BCUT2D eigenvalue weighted by Crippen LogP contribution is 2.28. The molecular weight excluding hydrogens is 164 g/mol. The Morgan fingerprint density at radius 2 is 2.15 bits per heavy atom. The number of amides is 1. The van der Waals surface area contributed by atoms with Crippen molar-refractivity contribution in [3.8, 4) is 11.8 Å². The number of piperazine rings is 1. The van der Waals surface area contributed by atoms with Gasteiger partial charge in [-0.05, 0) is 26.3 Å². The van der Waals surface area contributed by atoms with Crippen molar-refractivity contribution in [2.24, 2.45) is 0 Å². The predicted molar refractivity (Wildman–Crippen MR) is 50.0 cm³/mol. The van der Waals surface area contributed by atoms with Crippen molar-refractivity contribution in [2.75, 3.05) is 20.1 Å². The van der Waals surface area contributed by atoms with Crippen molar-refractivity contribution in [3.05, 3.63) is 0 Å². The van der Waals surface area contributed by atoms with E-state index in [1.54, 1.807) is 6.92 Å². The van der Waals surface area contributed by atoms with Gasteiger partial charge >= 0.3 is 0 Å². The van der Waals surface area contributed by atoms with E-state index in [-0.39, 0.29) is 5.91 Å². The smallest absolute Gasteiger partial charge is 0.298 e. The molecule has 2 rings (SSSR count). The van der Waals surface area contributed by atoms with Gasteiger partial charge < -0.3 is 4.90 Å². The molecule has 2 aliphatic rings. The number of hydrogen-bond donors (Lipinski definition) is 0. The quantitative estimate of drug-likeness (QED) is 0.485. The number of carbonyl (C=O) groups excluding carboxylic acids is 1. The van der Waals surface area contributed by atoms with E-state index in [4.69, 9.17) is 0 Å². The molecule has 2 atom stereocenters. The van der Waals surface area contributed by atoms with Crippen molar-refractivity contribution in [1.29, 1.82) is 0 Å². The van der Waals surface area contributed by atoms with Gasteiger partial charge in [-0.3, -0.25) is 9.69 Å². The fourth-order valence-electron chi connectivity index (χ4n) is 2.29. The summed E-state index contributed by atoms with van der Waals surface area (Å²) < 4.78 is 0.